The summed E-state index contributed by atoms with van der Waals surface area (Å²) in [5.74, 6) is 0.654. The zero-order chi connectivity index (χ0) is 13.3. The number of nitrogens with two attached hydrogens (primary N) is 1. The monoisotopic (exact) mass is 249 g/mol. The molecule has 1 aromatic rings. The number of hydrogen-bond acceptors (Lipinski definition) is 4. The van der Waals surface area contributed by atoms with Gasteiger partial charge in [0.2, 0.25) is 0 Å². The van der Waals surface area contributed by atoms with Gasteiger partial charge < -0.3 is 15.8 Å². The average Bonchev–Trinajstić information content (AvgIpc) is 2.37. The fourth-order valence-electron chi connectivity index (χ4n) is 2.06. The molecule has 2 rings (SSSR count). The Bertz CT molecular complexity index is 471. The van der Waals surface area contributed by atoms with Crippen LogP contribution in [0.4, 0.5) is 11.4 Å². The zero-order valence-electron chi connectivity index (χ0n) is 11.0. The van der Waals surface area contributed by atoms with E-state index in [2.05, 4.69) is 5.32 Å². The van der Waals surface area contributed by atoms with E-state index in [1.807, 2.05) is 39.1 Å². The van der Waals surface area contributed by atoms with Gasteiger partial charge in [-0.25, -0.2) is 0 Å². The van der Waals surface area contributed by atoms with E-state index >= 15 is 0 Å². The van der Waals surface area contributed by atoms with E-state index in [1.54, 1.807) is 4.90 Å². The first-order valence-electron chi connectivity index (χ1n) is 5.97. The van der Waals surface area contributed by atoms with Crippen molar-refractivity contribution < 1.29 is 9.53 Å². The molecule has 0 radical (unpaired) electrons. The van der Waals surface area contributed by atoms with Crippen LogP contribution in [0.25, 0.3) is 0 Å². The van der Waals surface area contributed by atoms with Gasteiger partial charge in [0.25, 0.3) is 5.91 Å². The van der Waals surface area contributed by atoms with E-state index < -0.39 is 5.54 Å². The summed E-state index contributed by atoms with van der Waals surface area (Å²) < 4.78 is 5.45. The normalized spacial score (nSPS) is 15.1. The summed E-state index contributed by atoms with van der Waals surface area (Å²) in [4.78, 5) is 13.8. The summed E-state index contributed by atoms with van der Waals surface area (Å²) in [5.41, 5.74) is 7.06. The Kier molecular flexibility index (Phi) is 3.17. The smallest absolute Gasteiger partial charge is 0.265 e. The van der Waals surface area contributed by atoms with Crippen LogP contribution in [0.2, 0.25) is 0 Å². The second-order valence-electron chi connectivity index (χ2n) is 4.97. The van der Waals surface area contributed by atoms with E-state index in [9.17, 15) is 4.79 Å². The summed E-state index contributed by atoms with van der Waals surface area (Å²) in [6, 6.07) is 5.69. The molecule has 1 aromatic carbocycles. The van der Waals surface area contributed by atoms with Crippen LogP contribution in [0, 0.1) is 0 Å². The van der Waals surface area contributed by atoms with Crippen molar-refractivity contribution in [3.8, 4) is 5.75 Å². The SMILES string of the molecule is CNc1ccc2c(c1)N(C(C)(C)CN)C(=O)CO2. The summed E-state index contributed by atoms with van der Waals surface area (Å²) in [5, 5.41) is 3.06. The number of hydrogen-bond donors (Lipinski definition) is 2. The number of rotatable bonds is 3. The van der Waals surface area contributed by atoms with Gasteiger partial charge >= 0.3 is 0 Å². The van der Waals surface area contributed by atoms with Gasteiger partial charge in [0.1, 0.15) is 5.75 Å². The van der Waals surface area contributed by atoms with Gasteiger partial charge in [0.05, 0.1) is 11.2 Å². The lowest BCUT2D eigenvalue weighted by Gasteiger charge is -2.41. The number of amides is 1. The van der Waals surface area contributed by atoms with Gasteiger partial charge in [0.15, 0.2) is 6.61 Å². The molecule has 3 N–H and O–H groups in total. The summed E-state index contributed by atoms with van der Waals surface area (Å²) in [6.45, 7) is 4.36. The predicted molar refractivity (Wildman–Crippen MR) is 72.1 cm³/mol. The van der Waals surface area contributed by atoms with Crippen molar-refractivity contribution in [2.45, 2.75) is 19.4 Å². The second-order valence-corrected chi connectivity index (χ2v) is 4.97. The van der Waals surface area contributed by atoms with Crippen molar-refractivity contribution in [3.05, 3.63) is 18.2 Å². The van der Waals surface area contributed by atoms with E-state index in [0.717, 1.165) is 17.1 Å². The Labute approximate surface area is 107 Å². The van der Waals surface area contributed by atoms with Crippen LogP contribution in [-0.2, 0) is 4.79 Å². The minimum Gasteiger partial charge on any atom is -0.482 e. The first-order valence-corrected chi connectivity index (χ1v) is 5.97. The van der Waals surface area contributed by atoms with Gasteiger partial charge in [-0.05, 0) is 32.0 Å². The molecule has 18 heavy (non-hydrogen) atoms. The summed E-state index contributed by atoms with van der Waals surface area (Å²) in [6.07, 6.45) is 0. The van der Waals surface area contributed by atoms with Crippen LogP contribution in [0.1, 0.15) is 13.8 Å². The van der Waals surface area contributed by atoms with Crippen molar-refractivity contribution in [1.29, 1.82) is 0 Å². The van der Waals surface area contributed by atoms with Crippen molar-refractivity contribution in [2.75, 3.05) is 30.4 Å². The zero-order valence-corrected chi connectivity index (χ0v) is 11.0. The number of fused-ring (bicyclic) bond motifs is 1. The van der Waals surface area contributed by atoms with Gasteiger partial charge in [-0.1, -0.05) is 0 Å². The van der Waals surface area contributed by atoms with Crippen molar-refractivity contribution in [2.24, 2.45) is 5.73 Å². The van der Waals surface area contributed by atoms with E-state index in [1.165, 1.54) is 0 Å². The lowest BCUT2D eigenvalue weighted by molar-refractivity contribution is -0.122. The molecular weight excluding hydrogens is 230 g/mol. The summed E-state index contributed by atoms with van der Waals surface area (Å²) >= 11 is 0. The standard InChI is InChI=1S/C13H19N3O2/c1-13(2,8-14)16-10-6-9(15-3)4-5-11(10)18-7-12(16)17/h4-6,15H,7-8,14H2,1-3H3. The number of benzene rings is 1. The molecule has 0 aliphatic carbocycles. The molecule has 98 valence electrons. The second kappa shape index (κ2) is 4.49. The van der Waals surface area contributed by atoms with Crippen molar-refractivity contribution >= 4 is 17.3 Å². The Morgan fingerprint density at radius 3 is 2.83 bits per heavy atom. The minimum absolute atomic E-state index is 0.0637. The lowest BCUT2D eigenvalue weighted by atomic mass is 10.0. The van der Waals surface area contributed by atoms with E-state index in [4.69, 9.17) is 10.5 Å². The van der Waals surface area contributed by atoms with Gasteiger partial charge in [-0.2, -0.15) is 0 Å². The molecular formula is C13H19N3O2. The van der Waals surface area contributed by atoms with Gasteiger partial charge in [-0.3, -0.25) is 9.69 Å². The first kappa shape index (κ1) is 12.7. The molecule has 0 atom stereocenters. The third kappa shape index (κ3) is 2.01. The molecule has 0 saturated carbocycles. The maximum absolute atomic E-state index is 12.1. The lowest BCUT2D eigenvalue weighted by Crippen LogP contribution is -2.55. The Hall–Kier alpha value is -1.75. The highest BCUT2D eigenvalue weighted by molar-refractivity contribution is 5.99. The third-order valence-electron chi connectivity index (χ3n) is 3.19. The van der Waals surface area contributed by atoms with E-state index in [0.29, 0.717) is 6.54 Å². The molecule has 0 aromatic heterocycles. The molecule has 1 amide bonds. The van der Waals surface area contributed by atoms with Gasteiger partial charge in [0, 0.05) is 19.3 Å². The van der Waals surface area contributed by atoms with Crippen LogP contribution in [0.5, 0.6) is 5.75 Å². The Morgan fingerprint density at radius 2 is 2.22 bits per heavy atom. The molecule has 0 fully saturated rings. The van der Waals surface area contributed by atoms with E-state index in [-0.39, 0.29) is 12.5 Å². The number of carbonyl (C=O) groups excluding carboxylic acids is 1. The minimum atomic E-state index is -0.429. The number of anilines is 2. The highest BCUT2D eigenvalue weighted by atomic mass is 16.5. The number of ether oxygens (including phenoxy) is 1. The molecule has 5 heteroatoms. The van der Waals surface area contributed by atoms with Crippen LogP contribution in [-0.4, -0.2) is 31.6 Å². The highest BCUT2D eigenvalue weighted by Gasteiger charge is 2.36. The fraction of sp³-hybridized carbons (Fsp3) is 0.462. The molecule has 1 aliphatic heterocycles. The molecule has 1 aliphatic rings. The van der Waals surface area contributed by atoms with Crippen LogP contribution >= 0.6 is 0 Å². The average molecular weight is 249 g/mol. The molecule has 0 unspecified atom stereocenters. The summed E-state index contributed by atoms with van der Waals surface area (Å²) in [7, 11) is 1.84. The molecule has 0 spiro atoms. The Morgan fingerprint density at radius 1 is 1.50 bits per heavy atom. The maximum atomic E-state index is 12.1. The van der Waals surface area contributed by atoms with Crippen molar-refractivity contribution in [1.82, 2.24) is 0 Å². The largest absolute Gasteiger partial charge is 0.482 e. The third-order valence-corrected chi connectivity index (χ3v) is 3.19. The topological polar surface area (TPSA) is 67.6 Å². The molecule has 0 saturated heterocycles. The first-order chi connectivity index (χ1) is 8.49. The fourth-order valence-corrected chi connectivity index (χ4v) is 2.06. The number of carbonyl (C=O) groups is 1. The number of nitrogens with one attached hydrogen (secondary N) is 1. The van der Waals surface area contributed by atoms with Crippen LogP contribution < -0.4 is 20.7 Å². The Balaban J connectivity index is 2.52. The maximum Gasteiger partial charge on any atom is 0.265 e. The number of nitrogens with zero attached hydrogens (tertiary/aromatic N) is 1. The predicted octanol–water partition coefficient (Wildman–Crippen LogP) is 1.19. The quantitative estimate of drug-likeness (QED) is 0.844. The molecule has 0 bridgehead atoms. The van der Waals surface area contributed by atoms with Crippen LogP contribution in [0.3, 0.4) is 0 Å². The van der Waals surface area contributed by atoms with Crippen molar-refractivity contribution in [3.63, 3.8) is 0 Å². The molecule has 5 nitrogen and oxygen atoms in total. The van der Waals surface area contributed by atoms with Gasteiger partial charge in [-0.15, -0.1) is 0 Å². The molecule has 1 heterocycles. The van der Waals surface area contributed by atoms with Crippen LogP contribution in [0.15, 0.2) is 18.2 Å². The highest BCUT2D eigenvalue weighted by Crippen LogP contribution is 2.38.